The third-order valence-corrected chi connectivity index (χ3v) is 1.73. The maximum absolute atomic E-state index is 12.9. The van der Waals surface area contributed by atoms with Crippen molar-refractivity contribution in [2.24, 2.45) is 0 Å². The molecule has 4 nitrogen and oxygen atoms in total. The number of benzene rings is 1. The smallest absolute Gasteiger partial charge is 0.274 e. The first-order chi connectivity index (χ1) is 7.02. The molecule has 1 atom stereocenters. The largest absolute Gasteiger partial charge is 0.372 e. The molecule has 15 heavy (non-hydrogen) atoms. The van der Waals surface area contributed by atoms with E-state index in [9.17, 15) is 14.5 Å². The van der Waals surface area contributed by atoms with Crippen LogP contribution < -0.4 is 5.32 Å². The molecule has 0 amide bonds. The monoisotopic (exact) mass is 208 g/mol. The van der Waals surface area contributed by atoms with Crippen molar-refractivity contribution in [3.8, 4) is 12.3 Å². The molecule has 1 N–H and O–H groups in total. The van der Waals surface area contributed by atoms with Crippen molar-refractivity contribution >= 4 is 11.4 Å². The molecule has 78 valence electrons. The summed E-state index contributed by atoms with van der Waals surface area (Å²) < 4.78 is 12.9. The predicted octanol–water partition coefficient (Wildman–Crippen LogP) is 2.17. The molecule has 0 fully saturated rings. The Balaban J connectivity index is 3.00. The van der Waals surface area contributed by atoms with Gasteiger partial charge in [-0.3, -0.25) is 10.1 Å². The van der Waals surface area contributed by atoms with Gasteiger partial charge < -0.3 is 5.32 Å². The van der Waals surface area contributed by atoms with Crippen LogP contribution in [-0.4, -0.2) is 11.0 Å². The Morgan fingerprint density at radius 1 is 1.60 bits per heavy atom. The lowest BCUT2D eigenvalue weighted by Gasteiger charge is -2.08. The summed E-state index contributed by atoms with van der Waals surface area (Å²) in [4.78, 5) is 9.77. The van der Waals surface area contributed by atoms with Gasteiger partial charge in [0.25, 0.3) is 5.69 Å². The molecule has 0 bridgehead atoms. The zero-order valence-corrected chi connectivity index (χ0v) is 8.03. The summed E-state index contributed by atoms with van der Waals surface area (Å²) in [6.45, 7) is 1.69. The standard InChI is InChI=1S/C10H9FN2O2/c1-3-7(2)12-9-4-8(11)5-10(6-9)13(14)15/h1,4-7,12H,2H3. The van der Waals surface area contributed by atoms with Crippen molar-refractivity contribution in [2.45, 2.75) is 13.0 Å². The van der Waals surface area contributed by atoms with E-state index in [0.29, 0.717) is 5.69 Å². The molecular weight excluding hydrogens is 199 g/mol. The number of halogens is 1. The number of nitrogens with zero attached hydrogens (tertiary/aromatic N) is 1. The molecule has 0 aromatic heterocycles. The highest BCUT2D eigenvalue weighted by Gasteiger charge is 2.10. The molecular formula is C10H9FN2O2. The van der Waals surface area contributed by atoms with Crippen LogP contribution in [0.2, 0.25) is 0 Å². The number of nitro groups is 1. The lowest BCUT2D eigenvalue weighted by molar-refractivity contribution is -0.385. The van der Waals surface area contributed by atoms with E-state index in [0.717, 1.165) is 12.1 Å². The number of nitrogens with one attached hydrogen (secondary N) is 1. The van der Waals surface area contributed by atoms with Gasteiger partial charge in [0.1, 0.15) is 5.82 Å². The van der Waals surface area contributed by atoms with Crippen LogP contribution >= 0.6 is 0 Å². The molecule has 0 radical (unpaired) electrons. The van der Waals surface area contributed by atoms with Crippen LogP contribution in [0.3, 0.4) is 0 Å². The van der Waals surface area contributed by atoms with Gasteiger partial charge in [-0.05, 0) is 13.0 Å². The molecule has 0 spiro atoms. The van der Waals surface area contributed by atoms with E-state index in [4.69, 9.17) is 6.42 Å². The second-order valence-electron chi connectivity index (χ2n) is 2.99. The highest BCUT2D eigenvalue weighted by atomic mass is 19.1. The number of hydrogen-bond acceptors (Lipinski definition) is 3. The van der Waals surface area contributed by atoms with Gasteiger partial charge in [0, 0.05) is 11.8 Å². The molecule has 1 unspecified atom stereocenters. The van der Waals surface area contributed by atoms with E-state index in [1.165, 1.54) is 6.07 Å². The maximum Gasteiger partial charge on any atom is 0.274 e. The molecule has 1 aromatic rings. The quantitative estimate of drug-likeness (QED) is 0.470. The normalized spacial score (nSPS) is 11.5. The minimum absolute atomic E-state index is 0.298. The van der Waals surface area contributed by atoms with Crippen LogP contribution in [0.1, 0.15) is 6.92 Å². The average Bonchev–Trinajstić information content (AvgIpc) is 2.16. The molecule has 1 aromatic carbocycles. The number of rotatable bonds is 3. The minimum Gasteiger partial charge on any atom is -0.372 e. The van der Waals surface area contributed by atoms with E-state index >= 15 is 0 Å². The van der Waals surface area contributed by atoms with Crippen molar-refractivity contribution in [1.29, 1.82) is 0 Å². The highest BCUT2D eigenvalue weighted by molar-refractivity contribution is 5.52. The van der Waals surface area contributed by atoms with Gasteiger partial charge in [-0.1, -0.05) is 5.92 Å². The fraction of sp³-hybridized carbons (Fsp3) is 0.200. The van der Waals surface area contributed by atoms with Gasteiger partial charge in [0.05, 0.1) is 17.0 Å². The Labute approximate surface area is 86.3 Å². The summed E-state index contributed by atoms with van der Waals surface area (Å²) in [5.74, 6) is 1.71. The van der Waals surface area contributed by atoms with E-state index in [2.05, 4.69) is 11.2 Å². The predicted molar refractivity (Wildman–Crippen MR) is 55.0 cm³/mol. The fourth-order valence-electron chi connectivity index (χ4n) is 1.05. The zero-order chi connectivity index (χ0) is 11.4. The zero-order valence-electron chi connectivity index (χ0n) is 8.03. The summed E-state index contributed by atoms with van der Waals surface area (Å²) >= 11 is 0. The van der Waals surface area contributed by atoms with Crippen LogP contribution in [0.4, 0.5) is 15.8 Å². The summed E-state index contributed by atoms with van der Waals surface area (Å²) in [5.41, 5.74) is -0.00567. The Bertz CT molecular complexity index is 426. The molecule has 0 saturated heterocycles. The van der Waals surface area contributed by atoms with Gasteiger partial charge in [-0.25, -0.2) is 4.39 Å². The lowest BCUT2D eigenvalue weighted by atomic mass is 10.2. The van der Waals surface area contributed by atoms with Gasteiger partial charge in [-0.15, -0.1) is 6.42 Å². The topological polar surface area (TPSA) is 55.2 Å². The fourth-order valence-corrected chi connectivity index (χ4v) is 1.05. The first kappa shape index (κ1) is 11.0. The lowest BCUT2D eigenvalue weighted by Crippen LogP contribution is -2.12. The summed E-state index contributed by atoms with van der Waals surface area (Å²) in [6.07, 6.45) is 5.12. The molecule has 0 aliphatic heterocycles. The van der Waals surface area contributed by atoms with Gasteiger partial charge >= 0.3 is 0 Å². The molecule has 0 heterocycles. The summed E-state index contributed by atoms with van der Waals surface area (Å²) in [5, 5.41) is 13.2. The third kappa shape index (κ3) is 2.95. The van der Waals surface area contributed by atoms with Crippen molar-refractivity contribution in [2.75, 3.05) is 5.32 Å². The maximum atomic E-state index is 12.9. The van der Waals surface area contributed by atoms with E-state index in [-0.39, 0.29) is 11.7 Å². The first-order valence-corrected chi connectivity index (χ1v) is 4.20. The van der Waals surface area contributed by atoms with Crippen LogP contribution in [0.5, 0.6) is 0 Å². The molecule has 1 rings (SSSR count). The molecule has 0 aliphatic carbocycles. The number of terminal acetylenes is 1. The second kappa shape index (κ2) is 4.42. The van der Waals surface area contributed by atoms with E-state index in [1.807, 2.05) is 0 Å². The van der Waals surface area contributed by atoms with Crippen LogP contribution in [0.25, 0.3) is 0 Å². The Hall–Kier alpha value is -2.09. The van der Waals surface area contributed by atoms with E-state index in [1.54, 1.807) is 6.92 Å². The van der Waals surface area contributed by atoms with Crippen LogP contribution in [0, 0.1) is 28.3 Å². The second-order valence-corrected chi connectivity index (χ2v) is 2.99. The Morgan fingerprint density at radius 3 is 2.80 bits per heavy atom. The molecule has 5 heteroatoms. The summed E-state index contributed by atoms with van der Waals surface area (Å²) in [6, 6.07) is 2.93. The van der Waals surface area contributed by atoms with Crippen molar-refractivity contribution in [1.82, 2.24) is 0 Å². The Morgan fingerprint density at radius 2 is 2.27 bits per heavy atom. The number of hydrogen-bond donors (Lipinski definition) is 1. The number of non-ortho nitro benzene ring substituents is 1. The molecule has 0 saturated carbocycles. The number of anilines is 1. The Kier molecular flexibility index (Phi) is 3.24. The van der Waals surface area contributed by atoms with Crippen LogP contribution in [-0.2, 0) is 0 Å². The van der Waals surface area contributed by atoms with Crippen molar-refractivity contribution < 1.29 is 9.31 Å². The van der Waals surface area contributed by atoms with Gasteiger partial charge in [0.15, 0.2) is 0 Å². The average molecular weight is 208 g/mol. The number of nitro benzene ring substituents is 1. The van der Waals surface area contributed by atoms with Gasteiger partial charge in [-0.2, -0.15) is 0 Å². The van der Waals surface area contributed by atoms with Crippen molar-refractivity contribution in [3.63, 3.8) is 0 Å². The molecule has 0 aliphatic rings. The SMILES string of the molecule is C#CC(C)Nc1cc(F)cc([N+](=O)[O-])c1. The minimum atomic E-state index is -0.670. The van der Waals surface area contributed by atoms with Gasteiger partial charge in [0.2, 0.25) is 0 Å². The van der Waals surface area contributed by atoms with Crippen molar-refractivity contribution in [3.05, 3.63) is 34.1 Å². The summed E-state index contributed by atoms with van der Waals surface area (Å²) in [7, 11) is 0. The van der Waals surface area contributed by atoms with E-state index < -0.39 is 10.7 Å². The first-order valence-electron chi connectivity index (χ1n) is 4.20. The third-order valence-electron chi connectivity index (χ3n) is 1.73. The highest BCUT2D eigenvalue weighted by Crippen LogP contribution is 2.20. The van der Waals surface area contributed by atoms with Crippen LogP contribution in [0.15, 0.2) is 18.2 Å².